The molecule has 2 atom stereocenters. The molecule has 2 N–H and O–H groups in total. The standard InChI is InChI=1S/C21H27FN6O/c1-13(2)26-20-16-3-5-23-21(16)24-8-17(20)14-7-25-28(9-14)19-4-6-27(10-18(19)22)15-11-29-12-15/h3,5,7-9,13,15,18-19H,4,6,10-12H2,1-2H3,(H2,23,24,26)/t18-,19-/m0/s1. The molecule has 3 aromatic heterocycles. The molecule has 29 heavy (non-hydrogen) atoms. The first kappa shape index (κ1) is 18.6. The number of halogens is 1. The lowest BCUT2D eigenvalue weighted by Crippen LogP contribution is -2.55. The summed E-state index contributed by atoms with van der Waals surface area (Å²) in [7, 11) is 0. The van der Waals surface area contributed by atoms with Crippen molar-refractivity contribution in [2.24, 2.45) is 0 Å². The van der Waals surface area contributed by atoms with Crippen LogP contribution < -0.4 is 5.32 Å². The molecule has 2 aliphatic rings. The van der Waals surface area contributed by atoms with Gasteiger partial charge in [-0.2, -0.15) is 5.10 Å². The highest BCUT2D eigenvalue weighted by molar-refractivity contribution is 5.98. The number of hydrogen-bond donors (Lipinski definition) is 2. The lowest BCUT2D eigenvalue weighted by molar-refractivity contribution is -0.0847. The summed E-state index contributed by atoms with van der Waals surface area (Å²) in [4.78, 5) is 9.92. The van der Waals surface area contributed by atoms with E-state index in [2.05, 4.69) is 39.1 Å². The van der Waals surface area contributed by atoms with Gasteiger partial charge in [-0.05, 0) is 26.3 Å². The van der Waals surface area contributed by atoms with Crippen LogP contribution in [0.3, 0.4) is 0 Å². The summed E-state index contributed by atoms with van der Waals surface area (Å²) in [6, 6.07) is 2.45. The summed E-state index contributed by atoms with van der Waals surface area (Å²) in [5.74, 6) is 0. The zero-order valence-electron chi connectivity index (χ0n) is 16.8. The molecule has 0 amide bonds. The predicted molar refractivity (Wildman–Crippen MR) is 111 cm³/mol. The maximum atomic E-state index is 15.0. The molecule has 0 saturated carbocycles. The molecule has 3 aromatic rings. The van der Waals surface area contributed by atoms with Gasteiger partial charge < -0.3 is 15.0 Å². The van der Waals surface area contributed by atoms with Crippen LogP contribution in [0.1, 0.15) is 26.3 Å². The van der Waals surface area contributed by atoms with E-state index in [-0.39, 0.29) is 12.1 Å². The van der Waals surface area contributed by atoms with Crippen LogP contribution in [0.25, 0.3) is 22.2 Å². The van der Waals surface area contributed by atoms with Crippen molar-refractivity contribution < 1.29 is 9.13 Å². The molecular formula is C21H27FN6O. The summed E-state index contributed by atoms with van der Waals surface area (Å²) >= 11 is 0. The lowest BCUT2D eigenvalue weighted by Gasteiger charge is -2.42. The second-order valence-corrected chi connectivity index (χ2v) is 8.35. The molecule has 0 aliphatic carbocycles. The van der Waals surface area contributed by atoms with Gasteiger partial charge in [-0.25, -0.2) is 9.37 Å². The number of nitrogens with zero attached hydrogens (tertiary/aromatic N) is 4. The number of nitrogens with one attached hydrogen (secondary N) is 2. The Bertz CT molecular complexity index is 994. The minimum absolute atomic E-state index is 0.230. The van der Waals surface area contributed by atoms with Crippen LogP contribution in [-0.2, 0) is 4.74 Å². The number of piperidine rings is 1. The van der Waals surface area contributed by atoms with Crippen molar-refractivity contribution >= 4 is 16.7 Å². The van der Waals surface area contributed by atoms with E-state index < -0.39 is 6.17 Å². The number of ether oxygens (including phenoxy) is 1. The summed E-state index contributed by atoms with van der Waals surface area (Å²) in [5, 5.41) is 9.11. The van der Waals surface area contributed by atoms with Crippen LogP contribution in [-0.4, -0.2) is 69.2 Å². The van der Waals surface area contributed by atoms with Crippen LogP contribution in [0.2, 0.25) is 0 Å². The molecule has 0 spiro atoms. The number of rotatable bonds is 5. The first-order valence-electron chi connectivity index (χ1n) is 10.3. The number of aromatic amines is 1. The average molecular weight is 398 g/mol. The molecule has 8 heteroatoms. The Morgan fingerprint density at radius 2 is 2.17 bits per heavy atom. The SMILES string of the molecule is CC(C)Nc1c(-c2cnn([C@H]3CCN(C4COC4)C[C@@H]3F)c2)cnc2[nH]ccc12. The van der Waals surface area contributed by atoms with Crippen molar-refractivity contribution in [1.29, 1.82) is 0 Å². The Morgan fingerprint density at radius 3 is 2.90 bits per heavy atom. The molecule has 0 unspecified atom stereocenters. The molecule has 5 rings (SSSR count). The van der Waals surface area contributed by atoms with Gasteiger partial charge in [-0.3, -0.25) is 9.58 Å². The molecule has 154 valence electrons. The van der Waals surface area contributed by atoms with Gasteiger partial charge in [0.1, 0.15) is 11.8 Å². The van der Waals surface area contributed by atoms with Gasteiger partial charge in [-0.1, -0.05) is 0 Å². The number of pyridine rings is 1. The minimum atomic E-state index is -0.935. The molecule has 5 heterocycles. The van der Waals surface area contributed by atoms with Crippen LogP contribution >= 0.6 is 0 Å². The van der Waals surface area contributed by atoms with E-state index in [0.717, 1.165) is 54.0 Å². The van der Waals surface area contributed by atoms with Crippen molar-refractivity contribution in [1.82, 2.24) is 24.6 Å². The lowest BCUT2D eigenvalue weighted by atomic mass is 10.0. The van der Waals surface area contributed by atoms with E-state index in [4.69, 9.17) is 4.74 Å². The van der Waals surface area contributed by atoms with Gasteiger partial charge >= 0.3 is 0 Å². The Kier molecular flexibility index (Phi) is 4.75. The van der Waals surface area contributed by atoms with Crippen molar-refractivity contribution in [2.45, 2.75) is 44.6 Å². The molecule has 2 saturated heterocycles. The first-order chi connectivity index (χ1) is 14.1. The van der Waals surface area contributed by atoms with Crippen molar-refractivity contribution in [3.63, 3.8) is 0 Å². The Hall–Kier alpha value is -2.45. The zero-order chi connectivity index (χ0) is 20.0. The minimum Gasteiger partial charge on any atom is -0.382 e. The number of likely N-dealkylation sites (tertiary alicyclic amines) is 1. The predicted octanol–water partition coefficient (Wildman–Crippen LogP) is 3.23. The number of hydrogen-bond acceptors (Lipinski definition) is 5. The topological polar surface area (TPSA) is 71.0 Å². The van der Waals surface area contributed by atoms with E-state index in [9.17, 15) is 4.39 Å². The normalized spacial score (nSPS) is 23.6. The maximum Gasteiger partial charge on any atom is 0.139 e. The van der Waals surface area contributed by atoms with Crippen LogP contribution in [0.4, 0.5) is 10.1 Å². The van der Waals surface area contributed by atoms with Crippen LogP contribution in [0, 0.1) is 0 Å². The zero-order valence-corrected chi connectivity index (χ0v) is 16.8. The maximum absolute atomic E-state index is 15.0. The van der Waals surface area contributed by atoms with Gasteiger partial charge in [-0.15, -0.1) is 0 Å². The fraction of sp³-hybridized carbons (Fsp3) is 0.524. The van der Waals surface area contributed by atoms with Gasteiger partial charge in [0.05, 0.1) is 37.2 Å². The third-order valence-corrected chi connectivity index (χ3v) is 5.95. The van der Waals surface area contributed by atoms with Crippen LogP contribution in [0.5, 0.6) is 0 Å². The highest BCUT2D eigenvalue weighted by atomic mass is 19.1. The Labute approximate surface area is 169 Å². The second-order valence-electron chi connectivity index (χ2n) is 8.35. The van der Waals surface area contributed by atoms with Gasteiger partial charge in [0, 0.05) is 54.2 Å². The summed E-state index contributed by atoms with van der Waals surface area (Å²) in [5.41, 5.74) is 3.81. The molecular weight excluding hydrogens is 371 g/mol. The van der Waals surface area contributed by atoms with Crippen LogP contribution in [0.15, 0.2) is 30.9 Å². The van der Waals surface area contributed by atoms with E-state index in [1.807, 2.05) is 30.9 Å². The molecule has 0 aromatic carbocycles. The smallest absolute Gasteiger partial charge is 0.139 e. The summed E-state index contributed by atoms with van der Waals surface area (Å²) in [6.45, 7) is 7.00. The monoisotopic (exact) mass is 398 g/mol. The van der Waals surface area contributed by atoms with Crippen molar-refractivity contribution in [2.75, 3.05) is 31.6 Å². The van der Waals surface area contributed by atoms with E-state index in [0.29, 0.717) is 12.6 Å². The molecule has 0 bridgehead atoms. The fourth-order valence-electron chi connectivity index (χ4n) is 4.31. The number of fused-ring (bicyclic) bond motifs is 1. The third-order valence-electron chi connectivity index (χ3n) is 5.95. The van der Waals surface area contributed by atoms with E-state index >= 15 is 0 Å². The first-order valence-corrected chi connectivity index (χ1v) is 10.3. The number of aromatic nitrogens is 4. The highest BCUT2D eigenvalue weighted by Gasteiger charge is 2.36. The molecule has 0 radical (unpaired) electrons. The Balaban J connectivity index is 1.41. The molecule has 7 nitrogen and oxygen atoms in total. The van der Waals surface area contributed by atoms with Gasteiger partial charge in [0.2, 0.25) is 0 Å². The Morgan fingerprint density at radius 1 is 1.31 bits per heavy atom. The molecule has 2 fully saturated rings. The number of H-pyrrole nitrogens is 1. The average Bonchev–Trinajstić information content (AvgIpc) is 3.29. The van der Waals surface area contributed by atoms with E-state index in [1.54, 1.807) is 4.68 Å². The van der Waals surface area contributed by atoms with Crippen molar-refractivity contribution in [3.05, 3.63) is 30.9 Å². The second kappa shape index (κ2) is 7.42. The van der Waals surface area contributed by atoms with Gasteiger partial charge in [0.25, 0.3) is 0 Å². The third kappa shape index (κ3) is 3.40. The number of anilines is 1. The van der Waals surface area contributed by atoms with E-state index in [1.165, 1.54) is 0 Å². The fourth-order valence-corrected chi connectivity index (χ4v) is 4.31. The quantitative estimate of drug-likeness (QED) is 0.691. The highest BCUT2D eigenvalue weighted by Crippen LogP contribution is 2.35. The van der Waals surface area contributed by atoms with Gasteiger partial charge in [0.15, 0.2) is 0 Å². The summed E-state index contributed by atoms with van der Waals surface area (Å²) < 4.78 is 22.0. The summed E-state index contributed by atoms with van der Waals surface area (Å²) in [6.07, 6.45) is 7.35. The largest absolute Gasteiger partial charge is 0.382 e. The molecule has 2 aliphatic heterocycles. The number of alkyl halides is 1. The van der Waals surface area contributed by atoms with Crippen molar-refractivity contribution in [3.8, 4) is 11.1 Å².